The van der Waals surface area contributed by atoms with Gasteiger partial charge in [0.1, 0.15) is 0 Å². The Labute approximate surface area is 181 Å². The summed E-state index contributed by atoms with van der Waals surface area (Å²) in [5.41, 5.74) is 3.97. The lowest BCUT2D eigenvalue weighted by atomic mass is 10.1. The summed E-state index contributed by atoms with van der Waals surface area (Å²) in [6, 6.07) is 25.6. The molecule has 0 heterocycles. The van der Waals surface area contributed by atoms with E-state index in [9.17, 15) is 0 Å². The van der Waals surface area contributed by atoms with Crippen LogP contribution >= 0.6 is 23.5 Å². The summed E-state index contributed by atoms with van der Waals surface area (Å²) >= 11 is 7.26. The molecule has 0 unspecified atom stereocenters. The first kappa shape index (κ1) is 22.8. The van der Waals surface area contributed by atoms with Gasteiger partial charge in [0.15, 0.2) is 0 Å². The van der Waals surface area contributed by atoms with Crippen LogP contribution in [-0.4, -0.2) is 5.21 Å². The van der Waals surface area contributed by atoms with Crippen LogP contribution in [0.5, 0.6) is 0 Å². The van der Waals surface area contributed by atoms with Gasteiger partial charge in [-0.25, -0.2) is 0 Å². The highest BCUT2D eigenvalue weighted by atomic mass is 35.5. The van der Waals surface area contributed by atoms with Crippen LogP contribution in [0.2, 0.25) is 5.02 Å². The first-order chi connectivity index (χ1) is 14.0. The van der Waals surface area contributed by atoms with Crippen molar-refractivity contribution in [1.82, 2.24) is 0 Å². The van der Waals surface area contributed by atoms with E-state index in [4.69, 9.17) is 21.9 Å². The smallest absolute Gasteiger partial charge is 0.0681 e. The summed E-state index contributed by atoms with van der Waals surface area (Å²) in [5, 5.41) is 19.3. The van der Waals surface area contributed by atoms with Gasteiger partial charge in [-0.2, -0.15) is 0 Å². The molecule has 0 aromatic heterocycles. The molecule has 0 saturated heterocycles. The molecule has 0 aliphatic carbocycles. The molecule has 0 fully saturated rings. The Bertz CT molecular complexity index is 1090. The number of fused-ring (bicyclic) bond motifs is 2. The fourth-order valence-electron chi connectivity index (χ4n) is 2.60. The predicted octanol–water partition coefficient (Wildman–Crippen LogP) is 7.68. The lowest BCUT2D eigenvalue weighted by Gasteiger charge is -2.05. The zero-order valence-electron chi connectivity index (χ0n) is 16.5. The van der Waals surface area contributed by atoms with Crippen LogP contribution in [0.15, 0.2) is 95.9 Å². The first-order valence-corrected chi connectivity index (χ1v) is 10.3. The highest BCUT2D eigenvalue weighted by molar-refractivity contribution is 7.97. The normalized spacial score (nSPS) is 9.83. The van der Waals surface area contributed by atoms with Crippen molar-refractivity contribution in [2.45, 2.75) is 18.7 Å². The van der Waals surface area contributed by atoms with Gasteiger partial charge in [0.05, 0.1) is 5.69 Å². The Morgan fingerprint density at radius 3 is 2.10 bits per heavy atom. The molecule has 5 heteroatoms. The molecule has 3 nitrogen and oxygen atoms in total. The van der Waals surface area contributed by atoms with E-state index in [0.29, 0.717) is 10.7 Å². The molecule has 4 rings (SSSR count). The maximum absolute atomic E-state index is 8.83. The molecule has 0 bridgehead atoms. The van der Waals surface area contributed by atoms with Crippen LogP contribution < -0.4 is 10.6 Å². The zero-order valence-corrected chi connectivity index (χ0v) is 18.1. The third-order valence-corrected chi connectivity index (χ3v) is 4.70. The van der Waals surface area contributed by atoms with Gasteiger partial charge in [-0.1, -0.05) is 71.8 Å². The van der Waals surface area contributed by atoms with Gasteiger partial charge in [-0.3, -0.25) is 15.8 Å². The van der Waals surface area contributed by atoms with Crippen molar-refractivity contribution in [1.29, 1.82) is 0 Å². The molecule has 0 atom stereocenters. The molecule has 0 aliphatic heterocycles. The summed E-state index contributed by atoms with van der Waals surface area (Å²) < 4.78 is 0. The maximum atomic E-state index is 8.83. The highest BCUT2D eigenvalue weighted by Gasteiger charge is 2.02. The predicted molar refractivity (Wildman–Crippen MR) is 129 cm³/mol. The van der Waals surface area contributed by atoms with E-state index < -0.39 is 0 Å². The molecule has 4 aromatic carbocycles. The van der Waals surface area contributed by atoms with Gasteiger partial charge in [0.2, 0.25) is 0 Å². The molecule has 0 saturated carbocycles. The van der Waals surface area contributed by atoms with Crippen LogP contribution in [0.25, 0.3) is 21.5 Å². The number of halogens is 1. The molecular formula is C24H25ClN2OS. The van der Waals surface area contributed by atoms with Crippen LogP contribution in [0.3, 0.4) is 0 Å². The highest BCUT2D eigenvalue weighted by Crippen LogP contribution is 2.29. The monoisotopic (exact) mass is 424 g/mol. The second-order valence-corrected chi connectivity index (χ2v) is 7.70. The van der Waals surface area contributed by atoms with Crippen molar-refractivity contribution in [3.8, 4) is 0 Å². The van der Waals surface area contributed by atoms with E-state index in [1.54, 1.807) is 12.1 Å². The Hall–Kier alpha value is -2.50. The van der Waals surface area contributed by atoms with Crippen molar-refractivity contribution in [3.63, 3.8) is 0 Å². The number of anilines is 1. The lowest BCUT2D eigenvalue weighted by molar-refractivity contribution is 0.390. The number of benzene rings is 4. The van der Waals surface area contributed by atoms with Crippen LogP contribution in [0.4, 0.5) is 5.69 Å². The van der Waals surface area contributed by atoms with Gasteiger partial charge < -0.3 is 0 Å². The van der Waals surface area contributed by atoms with E-state index in [1.165, 1.54) is 28.3 Å². The molecule has 4 aromatic rings. The van der Waals surface area contributed by atoms with Crippen molar-refractivity contribution in [2.75, 3.05) is 5.48 Å². The summed E-state index contributed by atoms with van der Waals surface area (Å²) in [6.07, 6.45) is 0. The van der Waals surface area contributed by atoms with E-state index in [-0.39, 0.29) is 0 Å². The third-order valence-electron chi connectivity index (χ3n) is 3.85. The van der Waals surface area contributed by atoms with Crippen molar-refractivity contribution in [3.05, 3.63) is 96.0 Å². The number of hydrogen-bond donors (Lipinski definition) is 3. The summed E-state index contributed by atoms with van der Waals surface area (Å²) in [6.45, 7) is 7.50. The molecule has 0 spiro atoms. The number of allylic oxidation sites excluding steroid dienone is 1. The number of nitrogens with two attached hydrogens (primary N) is 1. The summed E-state index contributed by atoms with van der Waals surface area (Å²) in [4.78, 5) is 1.11. The largest absolute Gasteiger partial charge is 0.291 e. The number of hydrogen-bond acceptors (Lipinski definition) is 4. The minimum atomic E-state index is 0.667. The Kier molecular flexibility index (Phi) is 9.03. The summed E-state index contributed by atoms with van der Waals surface area (Å²) in [5.74, 6) is 0. The standard InChI is InChI=1S/C10H8ClNO.C10H9NS.C4H8/c11-9-5-6-10(12-13)8-4-2-1-3-7(8)9;11-12-10-6-5-8-3-1-2-4-9(8)7-10;1-4(2)3/h1-6,12-13H;1-7H,11H2;1H2,2-3H3. The van der Waals surface area contributed by atoms with Crippen LogP contribution in [0.1, 0.15) is 13.8 Å². The van der Waals surface area contributed by atoms with E-state index >= 15 is 0 Å². The van der Waals surface area contributed by atoms with Gasteiger partial charge in [-0.15, -0.1) is 6.58 Å². The van der Waals surface area contributed by atoms with E-state index in [0.717, 1.165) is 15.7 Å². The topological polar surface area (TPSA) is 58.3 Å². The second kappa shape index (κ2) is 11.5. The molecular weight excluding hydrogens is 400 g/mol. The average Bonchev–Trinajstić information content (AvgIpc) is 2.74. The van der Waals surface area contributed by atoms with Gasteiger partial charge in [0, 0.05) is 20.7 Å². The quantitative estimate of drug-likeness (QED) is 0.175. The number of nitrogens with one attached hydrogen (secondary N) is 1. The first-order valence-electron chi connectivity index (χ1n) is 9.01. The number of rotatable bonds is 2. The fraction of sp³-hybridized carbons (Fsp3) is 0.0833. The molecule has 29 heavy (non-hydrogen) atoms. The summed E-state index contributed by atoms with van der Waals surface area (Å²) in [7, 11) is 0. The zero-order chi connectivity index (χ0) is 21.2. The average molecular weight is 425 g/mol. The minimum absolute atomic E-state index is 0.667. The maximum Gasteiger partial charge on any atom is 0.0681 e. The van der Waals surface area contributed by atoms with Gasteiger partial charge in [0.25, 0.3) is 0 Å². The SMILES string of the molecule is C=C(C)C.NSc1ccc2ccccc2c1.ONc1ccc(Cl)c2ccccc12. The molecule has 150 valence electrons. The second-order valence-electron chi connectivity index (χ2n) is 6.59. The van der Waals surface area contributed by atoms with E-state index in [1.807, 2.05) is 56.3 Å². The fourth-order valence-corrected chi connectivity index (χ4v) is 3.17. The van der Waals surface area contributed by atoms with Crippen LogP contribution in [-0.2, 0) is 0 Å². The Balaban J connectivity index is 0.000000176. The van der Waals surface area contributed by atoms with Crippen LogP contribution in [0, 0.1) is 0 Å². The third kappa shape index (κ3) is 6.80. The lowest BCUT2D eigenvalue weighted by Crippen LogP contribution is -1.90. The Morgan fingerprint density at radius 2 is 1.48 bits per heavy atom. The van der Waals surface area contributed by atoms with Crippen molar-refractivity contribution >= 4 is 50.8 Å². The molecule has 0 radical (unpaired) electrons. The molecule has 0 amide bonds. The molecule has 0 aliphatic rings. The van der Waals surface area contributed by atoms with Gasteiger partial charge in [-0.05, 0) is 60.8 Å². The van der Waals surface area contributed by atoms with Gasteiger partial charge >= 0.3 is 0 Å². The minimum Gasteiger partial charge on any atom is -0.291 e. The Morgan fingerprint density at radius 1 is 0.897 bits per heavy atom. The van der Waals surface area contributed by atoms with Crippen molar-refractivity contribution < 1.29 is 5.21 Å². The van der Waals surface area contributed by atoms with Crippen molar-refractivity contribution in [2.24, 2.45) is 5.14 Å². The molecule has 4 N–H and O–H groups in total. The van der Waals surface area contributed by atoms with E-state index in [2.05, 4.69) is 36.3 Å².